The van der Waals surface area contributed by atoms with Crippen LogP contribution >= 0.6 is 15.9 Å². The Bertz CT molecular complexity index is 391. The van der Waals surface area contributed by atoms with Gasteiger partial charge in [-0.25, -0.2) is 4.79 Å². The number of halogens is 1. The lowest BCUT2D eigenvalue weighted by Gasteiger charge is -2.34. The molecule has 1 amide bonds. The highest BCUT2D eigenvalue weighted by Gasteiger charge is 2.28. The Balaban J connectivity index is 2.21. The van der Waals surface area contributed by atoms with Crippen LogP contribution in [0, 0.1) is 0 Å². The van der Waals surface area contributed by atoms with E-state index in [1.807, 2.05) is 17.0 Å². The predicted octanol–water partition coefficient (Wildman–Crippen LogP) is 3.74. The first kappa shape index (κ1) is 12.4. The van der Waals surface area contributed by atoms with Gasteiger partial charge in [-0.15, -0.1) is 0 Å². The van der Waals surface area contributed by atoms with Gasteiger partial charge in [0.05, 0.1) is 13.2 Å². The van der Waals surface area contributed by atoms with Crippen molar-refractivity contribution in [1.82, 2.24) is 4.90 Å². The van der Waals surface area contributed by atoms with Gasteiger partial charge in [0.15, 0.2) is 0 Å². The van der Waals surface area contributed by atoms with E-state index in [9.17, 15) is 4.79 Å². The molecule has 0 radical (unpaired) electrons. The molecule has 1 unspecified atom stereocenters. The second-order valence-electron chi connectivity index (χ2n) is 4.23. The Morgan fingerprint density at radius 1 is 1.35 bits per heavy atom. The van der Waals surface area contributed by atoms with Gasteiger partial charge in [-0.05, 0) is 37.0 Å². The molecular weight excluding hydrogens is 282 g/mol. The number of nitrogens with zero attached hydrogens (tertiary/aromatic N) is 1. The van der Waals surface area contributed by atoms with Crippen LogP contribution in [-0.4, -0.2) is 24.6 Å². The van der Waals surface area contributed by atoms with E-state index in [1.54, 1.807) is 0 Å². The number of ether oxygens (including phenoxy) is 1. The number of rotatable bonds is 1. The lowest BCUT2D eigenvalue weighted by molar-refractivity contribution is 0.0895. The van der Waals surface area contributed by atoms with Crippen molar-refractivity contribution in [1.29, 1.82) is 0 Å². The zero-order valence-corrected chi connectivity index (χ0v) is 11.4. The van der Waals surface area contributed by atoms with Crippen LogP contribution in [0.5, 0.6) is 0 Å². The molecule has 1 saturated heterocycles. The molecule has 0 spiro atoms. The highest BCUT2D eigenvalue weighted by Crippen LogP contribution is 2.31. The highest BCUT2D eigenvalue weighted by molar-refractivity contribution is 9.10. The van der Waals surface area contributed by atoms with Crippen molar-refractivity contribution >= 4 is 22.0 Å². The van der Waals surface area contributed by atoms with E-state index in [2.05, 4.69) is 28.1 Å². The minimum Gasteiger partial charge on any atom is -0.453 e. The third-order valence-corrected chi connectivity index (χ3v) is 3.70. The van der Waals surface area contributed by atoms with Gasteiger partial charge in [0.25, 0.3) is 0 Å². The Morgan fingerprint density at radius 3 is 2.71 bits per heavy atom. The van der Waals surface area contributed by atoms with Gasteiger partial charge in [0.2, 0.25) is 0 Å². The molecule has 17 heavy (non-hydrogen) atoms. The zero-order chi connectivity index (χ0) is 12.3. The van der Waals surface area contributed by atoms with Crippen molar-refractivity contribution < 1.29 is 9.53 Å². The molecule has 0 aliphatic carbocycles. The summed E-state index contributed by atoms with van der Waals surface area (Å²) in [5.41, 5.74) is 1.18. The van der Waals surface area contributed by atoms with Gasteiger partial charge in [-0.1, -0.05) is 28.1 Å². The van der Waals surface area contributed by atoms with Crippen molar-refractivity contribution in [2.24, 2.45) is 0 Å². The largest absolute Gasteiger partial charge is 0.453 e. The molecule has 2 rings (SSSR count). The summed E-state index contributed by atoms with van der Waals surface area (Å²) in [5, 5.41) is 0. The van der Waals surface area contributed by atoms with Gasteiger partial charge in [-0.3, -0.25) is 0 Å². The molecule has 1 aliphatic rings. The van der Waals surface area contributed by atoms with E-state index < -0.39 is 0 Å². The second-order valence-corrected chi connectivity index (χ2v) is 5.14. The standard InChI is InChI=1S/C13H16BrNO2/c1-17-13(16)15-9-3-2-4-12(15)10-5-7-11(14)8-6-10/h5-8,12H,2-4,9H2,1H3. The third kappa shape index (κ3) is 2.80. The molecule has 0 aromatic heterocycles. The summed E-state index contributed by atoms with van der Waals surface area (Å²) < 4.78 is 5.90. The SMILES string of the molecule is COC(=O)N1CCCCC1c1ccc(Br)cc1. The normalized spacial score (nSPS) is 20.1. The Morgan fingerprint density at radius 2 is 2.06 bits per heavy atom. The fourth-order valence-electron chi connectivity index (χ4n) is 2.30. The molecule has 1 atom stereocenters. The number of piperidine rings is 1. The molecule has 1 aliphatic heterocycles. The van der Waals surface area contributed by atoms with E-state index in [1.165, 1.54) is 12.7 Å². The minimum absolute atomic E-state index is 0.157. The summed E-state index contributed by atoms with van der Waals surface area (Å²) in [6.07, 6.45) is 3.00. The van der Waals surface area contributed by atoms with Gasteiger partial charge in [0, 0.05) is 11.0 Å². The van der Waals surface area contributed by atoms with E-state index in [0.29, 0.717) is 0 Å². The maximum absolute atomic E-state index is 11.7. The molecule has 0 N–H and O–H groups in total. The summed E-state index contributed by atoms with van der Waals surface area (Å²) in [4.78, 5) is 13.5. The van der Waals surface area contributed by atoms with Crippen molar-refractivity contribution in [3.63, 3.8) is 0 Å². The summed E-state index contributed by atoms with van der Waals surface area (Å²) in [7, 11) is 1.44. The molecule has 3 nitrogen and oxygen atoms in total. The molecule has 92 valence electrons. The lowest BCUT2D eigenvalue weighted by Crippen LogP contribution is -2.38. The summed E-state index contributed by atoms with van der Waals surface area (Å²) in [6.45, 7) is 0.785. The number of hydrogen-bond donors (Lipinski definition) is 0. The number of carbonyl (C=O) groups is 1. The molecule has 1 heterocycles. The number of benzene rings is 1. The summed E-state index contributed by atoms with van der Waals surface area (Å²) in [6, 6.07) is 8.31. The fraction of sp³-hybridized carbons (Fsp3) is 0.462. The van der Waals surface area contributed by atoms with Crippen molar-refractivity contribution in [3.8, 4) is 0 Å². The van der Waals surface area contributed by atoms with Crippen LogP contribution in [-0.2, 0) is 4.74 Å². The first-order valence-electron chi connectivity index (χ1n) is 5.82. The maximum atomic E-state index is 11.7. The van der Waals surface area contributed by atoms with E-state index >= 15 is 0 Å². The van der Waals surface area contributed by atoms with Crippen molar-refractivity contribution in [2.75, 3.05) is 13.7 Å². The Hall–Kier alpha value is -1.03. The lowest BCUT2D eigenvalue weighted by atomic mass is 9.96. The van der Waals surface area contributed by atoms with E-state index in [-0.39, 0.29) is 12.1 Å². The third-order valence-electron chi connectivity index (χ3n) is 3.17. The Kier molecular flexibility index (Phi) is 4.05. The molecule has 1 fully saturated rings. The molecular formula is C13H16BrNO2. The number of likely N-dealkylation sites (tertiary alicyclic amines) is 1. The summed E-state index contributed by atoms with van der Waals surface area (Å²) >= 11 is 3.42. The van der Waals surface area contributed by atoms with Gasteiger partial charge in [-0.2, -0.15) is 0 Å². The Labute approximate surface area is 110 Å². The van der Waals surface area contributed by atoms with Crippen molar-refractivity contribution in [2.45, 2.75) is 25.3 Å². The van der Waals surface area contributed by atoms with Crippen LogP contribution in [0.2, 0.25) is 0 Å². The topological polar surface area (TPSA) is 29.5 Å². The number of carbonyl (C=O) groups excluding carboxylic acids is 1. The quantitative estimate of drug-likeness (QED) is 0.790. The molecule has 1 aromatic carbocycles. The van der Waals surface area contributed by atoms with Crippen LogP contribution in [0.1, 0.15) is 30.9 Å². The smallest absolute Gasteiger partial charge is 0.409 e. The van der Waals surface area contributed by atoms with Crippen LogP contribution in [0.3, 0.4) is 0 Å². The molecule has 0 saturated carbocycles. The molecule has 0 bridgehead atoms. The van der Waals surface area contributed by atoms with Crippen LogP contribution in [0.25, 0.3) is 0 Å². The zero-order valence-electron chi connectivity index (χ0n) is 9.86. The van der Waals surface area contributed by atoms with Gasteiger partial charge < -0.3 is 9.64 Å². The van der Waals surface area contributed by atoms with Crippen LogP contribution in [0.4, 0.5) is 4.79 Å². The fourth-order valence-corrected chi connectivity index (χ4v) is 2.56. The van der Waals surface area contributed by atoms with E-state index in [0.717, 1.165) is 30.3 Å². The van der Waals surface area contributed by atoms with Crippen molar-refractivity contribution in [3.05, 3.63) is 34.3 Å². The average Bonchev–Trinajstić information content (AvgIpc) is 2.39. The first-order valence-corrected chi connectivity index (χ1v) is 6.61. The summed E-state index contributed by atoms with van der Waals surface area (Å²) in [5.74, 6) is 0. The predicted molar refractivity (Wildman–Crippen MR) is 69.8 cm³/mol. The molecule has 4 heteroatoms. The van der Waals surface area contributed by atoms with Gasteiger partial charge >= 0.3 is 6.09 Å². The van der Waals surface area contributed by atoms with Gasteiger partial charge in [0.1, 0.15) is 0 Å². The second kappa shape index (κ2) is 5.54. The maximum Gasteiger partial charge on any atom is 0.409 e. The number of methoxy groups -OCH3 is 1. The highest BCUT2D eigenvalue weighted by atomic mass is 79.9. The number of amides is 1. The average molecular weight is 298 g/mol. The van der Waals surface area contributed by atoms with E-state index in [4.69, 9.17) is 4.74 Å². The number of hydrogen-bond acceptors (Lipinski definition) is 2. The minimum atomic E-state index is -0.224. The van der Waals surface area contributed by atoms with Crippen LogP contribution < -0.4 is 0 Å². The first-order chi connectivity index (χ1) is 8.22. The van der Waals surface area contributed by atoms with Crippen LogP contribution in [0.15, 0.2) is 28.7 Å². The molecule has 1 aromatic rings. The monoisotopic (exact) mass is 297 g/mol.